The van der Waals surface area contributed by atoms with Gasteiger partial charge in [0.05, 0.1) is 5.56 Å². The molecular formula is C29H34N2O3S. The van der Waals surface area contributed by atoms with E-state index in [1.165, 1.54) is 10.4 Å². The summed E-state index contributed by atoms with van der Waals surface area (Å²) in [5.41, 5.74) is 5.06. The lowest BCUT2D eigenvalue weighted by Crippen LogP contribution is -2.33. The minimum absolute atomic E-state index is 0.133. The van der Waals surface area contributed by atoms with Crippen molar-refractivity contribution in [2.24, 2.45) is 0 Å². The maximum atomic E-state index is 13.4. The van der Waals surface area contributed by atoms with Gasteiger partial charge in [0.2, 0.25) is 0 Å². The number of amides is 2. The van der Waals surface area contributed by atoms with E-state index in [-0.39, 0.29) is 11.8 Å². The fraction of sp³-hybridized carbons (Fsp3) is 0.379. The maximum Gasteiger partial charge on any atom is 0.266 e. The summed E-state index contributed by atoms with van der Waals surface area (Å²) in [4.78, 5) is 27.9. The van der Waals surface area contributed by atoms with Crippen molar-refractivity contribution in [1.82, 2.24) is 5.32 Å². The van der Waals surface area contributed by atoms with Crippen LogP contribution < -0.4 is 15.4 Å². The number of hydrogen-bond acceptors (Lipinski definition) is 4. The number of benzene rings is 2. The van der Waals surface area contributed by atoms with Crippen molar-refractivity contribution in [3.8, 4) is 5.75 Å². The second kappa shape index (κ2) is 11.5. The molecule has 1 aromatic heterocycles. The van der Waals surface area contributed by atoms with Crippen molar-refractivity contribution in [2.75, 3.05) is 5.32 Å². The summed E-state index contributed by atoms with van der Waals surface area (Å²) < 4.78 is 6.05. The molecule has 0 unspecified atom stereocenters. The second-order valence-corrected chi connectivity index (χ2v) is 10.3. The number of aryl methyl sites for hydroxylation is 3. The van der Waals surface area contributed by atoms with Crippen molar-refractivity contribution < 1.29 is 14.3 Å². The van der Waals surface area contributed by atoms with Gasteiger partial charge in [0.15, 0.2) is 6.10 Å². The molecule has 35 heavy (non-hydrogen) atoms. The van der Waals surface area contributed by atoms with Crippen molar-refractivity contribution in [3.05, 3.63) is 81.2 Å². The average Bonchev–Trinajstić information content (AvgIpc) is 3.03. The van der Waals surface area contributed by atoms with Gasteiger partial charge in [0, 0.05) is 11.4 Å². The van der Waals surface area contributed by atoms with E-state index in [4.69, 9.17) is 4.74 Å². The van der Waals surface area contributed by atoms with E-state index in [9.17, 15) is 9.59 Å². The molecule has 0 saturated carbocycles. The Balaban J connectivity index is 1.55. The van der Waals surface area contributed by atoms with Gasteiger partial charge in [-0.2, -0.15) is 0 Å². The van der Waals surface area contributed by atoms with E-state index in [0.29, 0.717) is 29.3 Å². The summed E-state index contributed by atoms with van der Waals surface area (Å²) in [6.07, 6.45) is 5.04. The smallest absolute Gasteiger partial charge is 0.266 e. The van der Waals surface area contributed by atoms with Crippen LogP contribution in [0.5, 0.6) is 5.75 Å². The van der Waals surface area contributed by atoms with E-state index in [1.807, 2.05) is 69.3 Å². The second-order valence-electron chi connectivity index (χ2n) is 9.19. The standard InChI is InChI=1S/C29H34N2O3S/c1-4-24(34-22-16-15-19(2)20(3)17-22)27(32)31-29-26(23-13-9-6-10-14-25(23)35-29)28(33)30-18-21-11-7-5-8-12-21/h5,7-8,11-12,15-17,24H,4,6,9-10,13-14,18H2,1-3H3,(H,30,33)(H,31,32)/t24-/m0/s1. The van der Waals surface area contributed by atoms with Gasteiger partial charge in [-0.1, -0.05) is 49.7 Å². The fourth-order valence-electron chi connectivity index (χ4n) is 4.40. The first kappa shape index (κ1) is 25.0. The lowest BCUT2D eigenvalue weighted by Gasteiger charge is -2.18. The monoisotopic (exact) mass is 490 g/mol. The van der Waals surface area contributed by atoms with Gasteiger partial charge < -0.3 is 15.4 Å². The van der Waals surface area contributed by atoms with Crippen molar-refractivity contribution in [1.29, 1.82) is 0 Å². The first-order valence-corrected chi connectivity index (χ1v) is 13.3. The highest BCUT2D eigenvalue weighted by Crippen LogP contribution is 2.38. The summed E-state index contributed by atoms with van der Waals surface area (Å²) in [6, 6.07) is 15.7. The Morgan fingerprint density at radius 3 is 2.51 bits per heavy atom. The molecule has 0 saturated heterocycles. The number of thiophene rings is 1. The molecule has 4 rings (SSSR count). The lowest BCUT2D eigenvalue weighted by molar-refractivity contribution is -0.122. The third-order valence-corrected chi connectivity index (χ3v) is 7.81. The van der Waals surface area contributed by atoms with Gasteiger partial charge in [-0.25, -0.2) is 0 Å². The van der Waals surface area contributed by atoms with Crippen molar-refractivity contribution >= 4 is 28.2 Å². The first-order valence-electron chi connectivity index (χ1n) is 12.5. The summed E-state index contributed by atoms with van der Waals surface area (Å²) >= 11 is 1.54. The molecule has 1 aliphatic rings. The predicted octanol–water partition coefficient (Wildman–Crippen LogP) is 6.36. The Bertz CT molecular complexity index is 1190. The van der Waals surface area contributed by atoms with Crippen LogP contribution in [0.15, 0.2) is 48.5 Å². The van der Waals surface area contributed by atoms with Crippen LogP contribution in [-0.2, 0) is 24.2 Å². The van der Waals surface area contributed by atoms with Gasteiger partial charge in [-0.15, -0.1) is 11.3 Å². The normalized spacial score (nSPS) is 13.9. The molecule has 6 heteroatoms. The average molecular weight is 491 g/mol. The van der Waals surface area contributed by atoms with Crippen LogP contribution in [0.25, 0.3) is 0 Å². The zero-order chi connectivity index (χ0) is 24.8. The van der Waals surface area contributed by atoms with Gasteiger partial charge in [0.1, 0.15) is 10.8 Å². The molecule has 184 valence electrons. The summed E-state index contributed by atoms with van der Waals surface area (Å²) in [5, 5.41) is 6.76. The summed E-state index contributed by atoms with van der Waals surface area (Å²) in [5.74, 6) is 0.323. The number of carbonyl (C=O) groups is 2. The summed E-state index contributed by atoms with van der Waals surface area (Å²) in [7, 11) is 0. The molecular weight excluding hydrogens is 456 g/mol. The zero-order valence-corrected chi connectivity index (χ0v) is 21.6. The molecule has 0 aliphatic heterocycles. The number of carbonyl (C=O) groups excluding carboxylic acids is 2. The Morgan fingerprint density at radius 2 is 1.77 bits per heavy atom. The molecule has 3 aromatic rings. The molecule has 5 nitrogen and oxygen atoms in total. The predicted molar refractivity (Wildman–Crippen MR) is 142 cm³/mol. The molecule has 0 radical (unpaired) electrons. The SMILES string of the molecule is CC[C@H](Oc1ccc(C)c(C)c1)C(=O)Nc1sc2c(c1C(=O)NCc1ccccc1)CCCCC2. The molecule has 1 heterocycles. The molecule has 2 N–H and O–H groups in total. The lowest BCUT2D eigenvalue weighted by atomic mass is 10.0. The number of nitrogens with one attached hydrogen (secondary N) is 2. The fourth-order valence-corrected chi connectivity index (χ4v) is 5.69. The highest BCUT2D eigenvalue weighted by Gasteiger charge is 2.28. The molecule has 2 aromatic carbocycles. The largest absolute Gasteiger partial charge is 0.481 e. The third kappa shape index (κ3) is 6.12. The third-order valence-electron chi connectivity index (χ3n) is 6.60. The van der Waals surface area contributed by atoms with Gasteiger partial charge in [-0.3, -0.25) is 9.59 Å². The number of hydrogen-bond donors (Lipinski definition) is 2. The number of fused-ring (bicyclic) bond motifs is 1. The van der Waals surface area contributed by atoms with Gasteiger partial charge in [-0.05, 0) is 80.3 Å². The van der Waals surface area contributed by atoms with Gasteiger partial charge in [0.25, 0.3) is 11.8 Å². The minimum atomic E-state index is -0.640. The zero-order valence-electron chi connectivity index (χ0n) is 20.8. The van der Waals surface area contributed by atoms with Crippen LogP contribution in [0.3, 0.4) is 0 Å². The van der Waals surface area contributed by atoms with Crippen LogP contribution in [-0.4, -0.2) is 17.9 Å². The number of anilines is 1. The van der Waals surface area contributed by atoms with E-state index in [1.54, 1.807) is 11.3 Å². The van der Waals surface area contributed by atoms with Crippen LogP contribution >= 0.6 is 11.3 Å². The molecule has 1 aliphatic carbocycles. The number of ether oxygens (including phenoxy) is 1. The van der Waals surface area contributed by atoms with Crippen LogP contribution in [0, 0.1) is 13.8 Å². The van der Waals surface area contributed by atoms with E-state index < -0.39 is 6.10 Å². The van der Waals surface area contributed by atoms with E-state index >= 15 is 0 Å². The highest BCUT2D eigenvalue weighted by molar-refractivity contribution is 7.17. The molecule has 0 bridgehead atoms. The number of rotatable bonds is 8. The highest BCUT2D eigenvalue weighted by atomic mass is 32.1. The molecule has 0 spiro atoms. The molecule has 0 fully saturated rings. The van der Waals surface area contributed by atoms with Crippen molar-refractivity contribution in [3.63, 3.8) is 0 Å². The minimum Gasteiger partial charge on any atom is -0.481 e. The quantitative estimate of drug-likeness (QED) is 0.361. The van der Waals surface area contributed by atoms with Crippen molar-refractivity contribution in [2.45, 2.75) is 71.9 Å². The molecule has 1 atom stereocenters. The molecule has 2 amide bonds. The van der Waals surface area contributed by atoms with Crippen LogP contribution in [0.2, 0.25) is 0 Å². The van der Waals surface area contributed by atoms with E-state index in [2.05, 4.69) is 10.6 Å². The Morgan fingerprint density at radius 1 is 1.00 bits per heavy atom. The van der Waals surface area contributed by atoms with Crippen LogP contribution in [0.4, 0.5) is 5.00 Å². The Hall–Kier alpha value is -3.12. The van der Waals surface area contributed by atoms with E-state index in [0.717, 1.165) is 48.8 Å². The Labute approximate surface area is 211 Å². The van der Waals surface area contributed by atoms with Crippen LogP contribution in [0.1, 0.15) is 70.1 Å². The topological polar surface area (TPSA) is 67.4 Å². The Kier molecular flexibility index (Phi) is 8.24. The van der Waals surface area contributed by atoms with Gasteiger partial charge >= 0.3 is 0 Å². The maximum absolute atomic E-state index is 13.4. The summed E-state index contributed by atoms with van der Waals surface area (Å²) in [6.45, 7) is 6.46. The first-order chi connectivity index (χ1) is 17.0.